The van der Waals surface area contributed by atoms with Crippen LogP contribution in [0.4, 0.5) is 11.4 Å². The molecule has 1 aliphatic heterocycles. The Balaban J connectivity index is 1.74. The van der Waals surface area contributed by atoms with Gasteiger partial charge in [0.15, 0.2) is 0 Å². The Kier molecular flexibility index (Phi) is 7.28. The highest BCUT2D eigenvalue weighted by atomic mass is 35.5. The van der Waals surface area contributed by atoms with Gasteiger partial charge >= 0.3 is 0 Å². The number of hydrogen-bond acceptors (Lipinski definition) is 6. The molecule has 37 heavy (non-hydrogen) atoms. The molecule has 0 radical (unpaired) electrons. The predicted molar refractivity (Wildman–Crippen MR) is 149 cm³/mol. The van der Waals surface area contributed by atoms with Crippen LogP contribution in [0.25, 0.3) is 5.70 Å². The van der Waals surface area contributed by atoms with E-state index in [2.05, 4.69) is 5.32 Å². The minimum Gasteiger partial charge on any atom is -0.497 e. The number of methoxy groups -OCH3 is 1. The number of halogens is 2. The van der Waals surface area contributed by atoms with Gasteiger partial charge < -0.3 is 14.8 Å². The summed E-state index contributed by atoms with van der Waals surface area (Å²) in [6.07, 6.45) is 0. The normalized spacial score (nSPS) is 14.8. The minimum atomic E-state index is -0.447. The Morgan fingerprint density at radius 3 is 2.16 bits per heavy atom. The summed E-state index contributed by atoms with van der Waals surface area (Å²) in [6.45, 7) is 0. The molecular weight excluding hydrogens is 531 g/mol. The van der Waals surface area contributed by atoms with Crippen LogP contribution >= 0.6 is 35.0 Å². The second-order valence-corrected chi connectivity index (χ2v) is 10.0. The van der Waals surface area contributed by atoms with Gasteiger partial charge in [-0.3, -0.25) is 10.1 Å². The van der Waals surface area contributed by atoms with Crippen molar-refractivity contribution in [2.45, 2.75) is 10.1 Å². The first kappa shape index (κ1) is 25.0. The first-order valence-corrected chi connectivity index (χ1v) is 12.9. The van der Waals surface area contributed by atoms with Crippen molar-refractivity contribution < 1.29 is 14.4 Å². The van der Waals surface area contributed by atoms with Crippen LogP contribution in [0.15, 0.2) is 102 Å². The van der Waals surface area contributed by atoms with Crippen LogP contribution in [0.1, 0.15) is 16.4 Å². The molecule has 0 saturated carbocycles. The number of rotatable bonds is 6. The Morgan fingerprint density at radius 1 is 0.865 bits per heavy atom. The molecule has 0 spiro atoms. The van der Waals surface area contributed by atoms with Gasteiger partial charge in [0, 0.05) is 38.2 Å². The van der Waals surface area contributed by atoms with Crippen molar-refractivity contribution in [2.75, 3.05) is 12.4 Å². The van der Waals surface area contributed by atoms with E-state index in [4.69, 9.17) is 32.7 Å². The highest BCUT2D eigenvalue weighted by Crippen LogP contribution is 2.52. The van der Waals surface area contributed by atoms with E-state index in [1.807, 2.05) is 48.5 Å². The Labute approximate surface area is 228 Å². The maximum absolute atomic E-state index is 11.2. The summed E-state index contributed by atoms with van der Waals surface area (Å²) in [7, 11) is 1.61. The van der Waals surface area contributed by atoms with E-state index in [-0.39, 0.29) is 5.69 Å². The summed E-state index contributed by atoms with van der Waals surface area (Å²) >= 11 is 15.0. The monoisotopic (exact) mass is 550 g/mol. The molecule has 1 N–H and O–H groups in total. The van der Waals surface area contributed by atoms with Crippen molar-refractivity contribution >= 4 is 52.0 Å². The third-order valence-electron chi connectivity index (χ3n) is 5.79. The maximum Gasteiger partial charge on any atom is 0.269 e. The number of hydrogen-bond donors (Lipinski definition) is 1. The molecule has 0 fully saturated rings. The number of thioether (sulfide) groups is 1. The third kappa shape index (κ3) is 5.25. The largest absolute Gasteiger partial charge is 0.497 e. The standard InChI is InChI=1S/C28H20Cl2N2O4S/c1-35-19-13-9-17(10-14-19)26-27(36-20-15-11-18(12-16-20)32(33)34)28(25-21(29)5-4-6-22(25)30)37-24-8-3-2-7-23(24)31-26/h2-16,28,31H,1H3. The second kappa shape index (κ2) is 10.8. The van der Waals surface area contributed by atoms with Crippen LogP contribution in [0, 0.1) is 10.1 Å². The van der Waals surface area contributed by atoms with Gasteiger partial charge in [-0.25, -0.2) is 0 Å². The fraction of sp³-hybridized carbons (Fsp3) is 0.0714. The molecule has 0 amide bonds. The summed E-state index contributed by atoms with van der Waals surface area (Å²) in [4.78, 5) is 11.7. The molecule has 4 aromatic rings. The molecule has 0 aromatic heterocycles. The molecule has 0 aliphatic carbocycles. The lowest BCUT2D eigenvalue weighted by atomic mass is 10.0. The number of ether oxygens (including phenoxy) is 2. The van der Waals surface area contributed by atoms with Crippen molar-refractivity contribution in [1.82, 2.24) is 0 Å². The van der Waals surface area contributed by atoms with E-state index >= 15 is 0 Å². The summed E-state index contributed by atoms with van der Waals surface area (Å²) in [6, 6.07) is 26.9. The number of nitro groups is 1. The van der Waals surface area contributed by atoms with E-state index < -0.39 is 10.2 Å². The average Bonchev–Trinajstić information content (AvgIpc) is 3.06. The van der Waals surface area contributed by atoms with Crippen molar-refractivity contribution in [3.8, 4) is 11.5 Å². The summed E-state index contributed by atoms with van der Waals surface area (Å²) in [5, 5.41) is 15.3. The first-order chi connectivity index (χ1) is 17.9. The summed E-state index contributed by atoms with van der Waals surface area (Å²) in [5.41, 5.74) is 3.14. The molecule has 186 valence electrons. The van der Waals surface area contributed by atoms with Crippen molar-refractivity contribution in [2.24, 2.45) is 0 Å². The number of benzene rings is 4. The van der Waals surface area contributed by atoms with Crippen LogP contribution in [0.5, 0.6) is 11.5 Å². The molecule has 4 aromatic carbocycles. The van der Waals surface area contributed by atoms with Gasteiger partial charge in [-0.05, 0) is 60.7 Å². The predicted octanol–water partition coefficient (Wildman–Crippen LogP) is 8.62. The lowest BCUT2D eigenvalue weighted by Crippen LogP contribution is -2.12. The molecular formula is C28H20Cl2N2O4S. The molecule has 1 unspecified atom stereocenters. The van der Waals surface area contributed by atoms with Gasteiger partial charge in [-0.1, -0.05) is 41.4 Å². The molecule has 9 heteroatoms. The van der Waals surface area contributed by atoms with Gasteiger partial charge in [0.25, 0.3) is 5.69 Å². The molecule has 0 bridgehead atoms. The fourth-order valence-electron chi connectivity index (χ4n) is 3.97. The van der Waals surface area contributed by atoms with E-state index in [0.29, 0.717) is 32.8 Å². The number of fused-ring (bicyclic) bond motifs is 1. The second-order valence-electron chi connectivity index (χ2n) is 8.08. The highest BCUT2D eigenvalue weighted by molar-refractivity contribution is 8.00. The number of para-hydroxylation sites is 1. The van der Waals surface area contributed by atoms with Crippen LogP contribution < -0.4 is 14.8 Å². The highest BCUT2D eigenvalue weighted by Gasteiger charge is 2.32. The Bertz CT molecular complexity index is 1470. The number of anilines is 1. The molecule has 0 saturated heterocycles. The lowest BCUT2D eigenvalue weighted by molar-refractivity contribution is -0.384. The average molecular weight is 551 g/mol. The summed E-state index contributed by atoms with van der Waals surface area (Å²) in [5.74, 6) is 1.71. The van der Waals surface area contributed by atoms with Crippen molar-refractivity contribution in [1.29, 1.82) is 0 Å². The fourth-order valence-corrected chi connectivity index (χ4v) is 6.02. The van der Waals surface area contributed by atoms with Gasteiger partial charge in [-0.2, -0.15) is 0 Å². The van der Waals surface area contributed by atoms with Gasteiger partial charge in [0.05, 0.1) is 28.7 Å². The van der Waals surface area contributed by atoms with Crippen molar-refractivity contribution in [3.63, 3.8) is 0 Å². The zero-order valence-electron chi connectivity index (χ0n) is 19.5. The summed E-state index contributed by atoms with van der Waals surface area (Å²) < 4.78 is 11.9. The Morgan fingerprint density at radius 2 is 1.51 bits per heavy atom. The lowest BCUT2D eigenvalue weighted by Gasteiger charge is -2.24. The topological polar surface area (TPSA) is 73.6 Å². The van der Waals surface area contributed by atoms with Crippen LogP contribution in [0.2, 0.25) is 10.0 Å². The maximum atomic E-state index is 11.2. The third-order valence-corrected chi connectivity index (χ3v) is 7.75. The molecule has 5 rings (SSSR count). The quantitative estimate of drug-likeness (QED) is 0.191. The van der Waals surface area contributed by atoms with Gasteiger partial charge in [0.1, 0.15) is 17.3 Å². The van der Waals surface area contributed by atoms with Gasteiger partial charge in [0.2, 0.25) is 0 Å². The van der Waals surface area contributed by atoms with E-state index in [1.165, 1.54) is 12.1 Å². The zero-order valence-corrected chi connectivity index (χ0v) is 21.8. The SMILES string of the molecule is COc1ccc(C2=C(Oc3ccc([N+](=O)[O-])cc3)C(c3c(Cl)cccc3Cl)Sc3ccccc3N2)cc1. The number of non-ortho nitro benzene ring substituents is 1. The number of nitrogens with one attached hydrogen (secondary N) is 1. The molecule has 1 atom stereocenters. The van der Waals surface area contributed by atoms with Crippen molar-refractivity contribution in [3.05, 3.63) is 128 Å². The smallest absolute Gasteiger partial charge is 0.269 e. The van der Waals surface area contributed by atoms with E-state index in [1.54, 1.807) is 49.2 Å². The van der Waals surface area contributed by atoms with Crippen LogP contribution in [-0.4, -0.2) is 12.0 Å². The number of nitrogens with zero attached hydrogens (tertiary/aromatic N) is 1. The van der Waals surface area contributed by atoms with E-state index in [9.17, 15) is 10.1 Å². The van der Waals surface area contributed by atoms with E-state index in [0.717, 1.165) is 21.9 Å². The van der Waals surface area contributed by atoms with Gasteiger partial charge in [-0.15, -0.1) is 11.8 Å². The molecule has 1 aliphatic rings. The molecule has 6 nitrogen and oxygen atoms in total. The zero-order chi connectivity index (χ0) is 25.9. The number of nitro benzene ring substituents is 1. The minimum absolute atomic E-state index is 0.0248. The Hall–Kier alpha value is -3.65. The van der Waals surface area contributed by atoms with Crippen LogP contribution in [0.3, 0.4) is 0 Å². The first-order valence-electron chi connectivity index (χ1n) is 11.2. The molecule has 1 heterocycles. The van der Waals surface area contributed by atoms with Crippen LogP contribution in [-0.2, 0) is 0 Å².